The van der Waals surface area contributed by atoms with E-state index in [1.807, 2.05) is 66.7 Å². The van der Waals surface area contributed by atoms with Gasteiger partial charge in [0.15, 0.2) is 0 Å². The van der Waals surface area contributed by atoms with Crippen LogP contribution in [0.5, 0.6) is 0 Å². The second-order valence-electron chi connectivity index (χ2n) is 4.72. The Morgan fingerprint density at radius 3 is 2.41 bits per heavy atom. The molecular weight excluding hydrogens is 294 g/mol. The van der Waals surface area contributed by atoms with E-state index in [0.29, 0.717) is 22.1 Å². The number of rotatable bonds is 3. The van der Waals surface area contributed by atoms with Gasteiger partial charge in [0.05, 0.1) is 16.7 Å². The van der Waals surface area contributed by atoms with Crippen LogP contribution in [0.2, 0.25) is 5.02 Å². The standard InChI is InChI=1S/C19H12ClNO/c20-18-9-5-4-8-17(18)19-11-10-16(22-19)12-15(13-21)14-6-2-1-3-7-14/h1-12H. The fourth-order valence-corrected chi connectivity index (χ4v) is 2.41. The van der Waals surface area contributed by atoms with E-state index in [0.717, 1.165) is 11.1 Å². The smallest absolute Gasteiger partial charge is 0.136 e. The topological polar surface area (TPSA) is 36.9 Å². The summed E-state index contributed by atoms with van der Waals surface area (Å²) < 4.78 is 5.79. The zero-order valence-corrected chi connectivity index (χ0v) is 12.4. The molecule has 22 heavy (non-hydrogen) atoms. The van der Waals surface area contributed by atoms with Crippen molar-refractivity contribution in [1.82, 2.24) is 0 Å². The van der Waals surface area contributed by atoms with Crippen LogP contribution >= 0.6 is 11.6 Å². The van der Waals surface area contributed by atoms with Gasteiger partial charge in [0.1, 0.15) is 11.5 Å². The average molecular weight is 306 g/mol. The van der Waals surface area contributed by atoms with Crippen molar-refractivity contribution in [2.75, 3.05) is 0 Å². The van der Waals surface area contributed by atoms with Crippen LogP contribution < -0.4 is 0 Å². The van der Waals surface area contributed by atoms with Gasteiger partial charge in [-0.1, -0.05) is 54.1 Å². The molecule has 2 aromatic carbocycles. The van der Waals surface area contributed by atoms with Gasteiger partial charge in [-0.3, -0.25) is 0 Å². The van der Waals surface area contributed by atoms with Crippen molar-refractivity contribution in [2.45, 2.75) is 0 Å². The van der Waals surface area contributed by atoms with Crippen LogP contribution in [0.4, 0.5) is 0 Å². The first-order valence-corrected chi connectivity index (χ1v) is 7.17. The Balaban J connectivity index is 1.96. The van der Waals surface area contributed by atoms with Crippen LogP contribution in [0.15, 0.2) is 71.1 Å². The lowest BCUT2D eigenvalue weighted by atomic mass is 10.1. The number of nitrogens with zero attached hydrogens (tertiary/aromatic N) is 1. The quantitative estimate of drug-likeness (QED) is 0.585. The van der Waals surface area contributed by atoms with Crippen molar-refractivity contribution in [3.8, 4) is 17.4 Å². The van der Waals surface area contributed by atoms with Gasteiger partial charge in [0.25, 0.3) is 0 Å². The molecule has 0 aliphatic carbocycles. The number of benzene rings is 2. The predicted octanol–water partition coefficient (Wildman–Crippen LogP) is 5.66. The maximum atomic E-state index is 9.33. The summed E-state index contributed by atoms with van der Waals surface area (Å²) in [6.45, 7) is 0. The molecule has 0 unspecified atom stereocenters. The van der Waals surface area contributed by atoms with E-state index in [1.165, 1.54) is 0 Å². The van der Waals surface area contributed by atoms with E-state index < -0.39 is 0 Å². The molecule has 0 N–H and O–H groups in total. The lowest BCUT2D eigenvalue weighted by Gasteiger charge is -1.99. The molecule has 0 saturated heterocycles. The Morgan fingerprint density at radius 2 is 1.68 bits per heavy atom. The molecule has 1 heterocycles. The highest BCUT2D eigenvalue weighted by Crippen LogP contribution is 2.30. The third-order valence-electron chi connectivity index (χ3n) is 3.26. The highest BCUT2D eigenvalue weighted by Gasteiger charge is 2.08. The van der Waals surface area contributed by atoms with Gasteiger partial charge >= 0.3 is 0 Å². The van der Waals surface area contributed by atoms with Crippen molar-refractivity contribution in [1.29, 1.82) is 5.26 Å². The predicted molar refractivity (Wildman–Crippen MR) is 89.1 cm³/mol. The van der Waals surface area contributed by atoms with E-state index >= 15 is 0 Å². The molecule has 0 aliphatic rings. The Labute approximate surface area is 133 Å². The Hall–Kier alpha value is -2.76. The number of hydrogen-bond donors (Lipinski definition) is 0. The Bertz CT molecular complexity index is 856. The van der Waals surface area contributed by atoms with Crippen LogP contribution in [-0.4, -0.2) is 0 Å². The molecule has 106 valence electrons. The van der Waals surface area contributed by atoms with E-state index in [9.17, 15) is 5.26 Å². The van der Waals surface area contributed by atoms with Crippen LogP contribution in [0.3, 0.4) is 0 Å². The maximum Gasteiger partial charge on any atom is 0.136 e. The summed E-state index contributed by atoms with van der Waals surface area (Å²) in [5, 5.41) is 9.96. The molecule has 0 saturated carbocycles. The lowest BCUT2D eigenvalue weighted by Crippen LogP contribution is -1.79. The first-order valence-electron chi connectivity index (χ1n) is 6.80. The first-order chi connectivity index (χ1) is 10.8. The van der Waals surface area contributed by atoms with Crippen LogP contribution in [0, 0.1) is 11.3 Å². The minimum atomic E-state index is 0.556. The average Bonchev–Trinajstić information content (AvgIpc) is 3.02. The minimum absolute atomic E-state index is 0.556. The normalized spacial score (nSPS) is 11.2. The molecule has 0 radical (unpaired) electrons. The zero-order chi connectivity index (χ0) is 15.4. The molecule has 0 spiro atoms. The van der Waals surface area contributed by atoms with Crippen molar-refractivity contribution in [3.05, 3.63) is 83.1 Å². The molecule has 1 aromatic heterocycles. The largest absolute Gasteiger partial charge is 0.457 e. The van der Waals surface area contributed by atoms with Gasteiger partial charge in [-0.2, -0.15) is 5.26 Å². The van der Waals surface area contributed by atoms with Gasteiger partial charge in [0.2, 0.25) is 0 Å². The van der Waals surface area contributed by atoms with E-state index in [1.54, 1.807) is 6.08 Å². The number of nitriles is 1. The molecule has 0 fully saturated rings. The molecule has 2 nitrogen and oxygen atoms in total. The summed E-state index contributed by atoms with van der Waals surface area (Å²) in [6, 6.07) is 22.9. The summed E-state index contributed by atoms with van der Waals surface area (Å²) in [5.41, 5.74) is 2.25. The molecule has 0 amide bonds. The summed E-state index contributed by atoms with van der Waals surface area (Å²) in [4.78, 5) is 0. The van der Waals surface area contributed by atoms with Crippen molar-refractivity contribution in [2.24, 2.45) is 0 Å². The monoisotopic (exact) mass is 305 g/mol. The summed E-state index contributed by atoms with van der Waals surface area (Å²) in [7, 11) is 0. The molecule has 0 atom stereocenters. The van der Waals surface area contributed by atoms with Crippen LogP contribution in [-0.2, 0) is 0 Å². The molecule has 3 heteroatoms. The fraction of sp³-hybridized carbons (Fsp3) is 0. The Morgan fingerprint density at radius 1 is 0.955 bits per heavy atom. The third-order valence-corrected chi connectivity index (χ3v) is 3.59. The second-order valence-corrected chi connectivity index (χ2v) is 5.12. The molecular formula is C19H12ClNO. The van der Waals surface area contributed by atoms with Crippen molar-refractivity contribution < 1.29 is 4.42 Å². The molecule has 0 aliphatic heterocycles. The number of allylic oxidation sites excluding steroid dienone is 1. The molecule has 0 bridgehead atoms. The summed E-state index contributed by atoms with van der Waals surface area (Å²) in [5.74, 6) is 1.30. The van der Waals surface area contributed by atoms with Gasteiger partial charge in [-0.05, 0) is 35.9 Å². The Kier molecular flexibility index (Phi) is 4.09. The zero-order valence-electron chi connectivity index (χ0n) is 11.7. The lowest BCUT2D eigenvalue weighted by molar-refractivity contribution is 0.572. The summed E-state index contributed by atoms with van der Waals surface area (Å²) >= 11 is 6.17. The fourth-order valence-electron chi connectivity index (χ4n) is 2.18. The van der Waals surface area contributed by atoms with Crippen LogP contribution in [0.1, 0.15) is 11.3 Å². The maximum absolute atomic E-state index is 9.33. The highest BCUT2D eigenvalue weighted by atomic mass is 35.5. The van der Waals surface area contributed by atoms with E-state index in [2.05, 4.69) is 6.07 Å². The third kappa shape index (κ3) is 2.95. The molecule has 3 aromatic rings. The number of furan rings is 1. The number of hydrogen-bond acceptors (Lipinski definition) is 2. The van der Waals surface area contributed by atoms with E-state index in [4.69, 9.17) is 16.0 Å². The highest BCUT2D eigenvalue weighted by molar-refractivity contribution is 6.33. The van der Waals surface area contributed by atoms with Crippen molar-refractivity contribution in [3.63, 3.8) is 0 Å². The van der Waals surface area contributed by atoms with Gasteiger partial charge in [0, 0.05) is 5.56 Å². The second kappa shape index (κ2) is 6.34. The summed E-state index contributed by atoms with van der Waals surface area (Å²) in [6.07, 6.45) is 1.73. The van der Waals surface area contributed by atoms with Gasteiger partial charge in [-0.15, -0.1) is 0 Å². The number of halogens is 1. The molecule has 3 rings (SSSR count). The SMILES string of the molecule is N#CC(=Cc1ccc(-c2ccccc2Cl)o1)c1ccccc1. The van der Waals surface area contributed by atoms with Crippen molar-refractivity contribution >= 4 is 23.3 Å². The van der Waals surface area contributed by atoms with Crippen LogP contribution in [0.25, 0.3) is 23.0 Å². The minimum Gasteiger partial charge on any atom is -0.457 e. The van der Waals surface area contributed by atoms with E-state index in [-0.39, 0.29) is 0 Å². The first kappa shape index (κ1) is 14.2. The van der Waals surface area contributed by atoms with Gasteiger partial charge in [-0.25, -0.2) is 0 Å². The van der Waals surface area contributed by atoms with Gasteiger partial charge < -0.3 is 4.42 Å².